The normalized spacial score (nSPS) is 19.1. The van der Waals surface area contributed by atoms with Crippen molar-refractivity contribution < 1.29 is 0 Å². The van der Waals surface area contributed by atoms with Crippen LogP contribution in [0.4, 0.5) is 0 Å². The molecule has 0 spiro atoms. The van der Waals surface area contributed by atoms with E-state index in [1.807, 2.05) is 19.1 Å². The Morgan fingerprint density at radius 1 is 1.31 bits per heavy atom. The molecule has 0 bridgehead atoms. The summed E-state index contributed by atoms with van der Waals surface area (Å²) in [7, 11) is 0. The lowest BCUT2D eigenvalue weighted by atomic mass is 10.00. The molecule has 1 heterocycles. The van der Waals surface area contributed by atoms with E-state index in [2.05, 4.69) is 17.1 Å². The molecule has 0 amide bonds. The van der Waals surface area contributed by atoms with Gasteiger partial charge in [0.05, 0.1) is 11.2 Å². The van der Waals surface area contributed by atoms with Crippen molar-refractivity contribution in [3.05, 3.63) is 34.0 Å². The van der Waals surface area contributed by atoms with E-state index in [1.54, 1.807) is 0 Å². The lowest BCUT2D eigenvalue weighted by Gasteiger charge is -2.09. The van der Waals surface area contributed by atoms with Crippen molar-refractivity contribution in [1.29, 1.82) is 0 Å². The summed E-state index contributed by atoms with van der Waals surface area (Å²) in [4.78, 5) is 0. The van der Waals surface area contributed by atoms with Gasteiger partial charge in [0.1, 0.15) is 0 Å². The van der Waals surface area contributed by atoms with Gasteiger partial charge in [-0.25, -0.2) is 0 Å². The van der Waals surface area contributed by atoms with Crippen molar-refractivity contribution in [3.8, 4) is 0 Å². The minimum atomic E-state index is 0.576. The molecule has 0 saturated heterocycles. The third-order valence-electron chi connectivity index (χ3n) is 3.46. The molecular formula is C13H13ClN2. The van der Waals surface area contributed by atoms with Gasteiger partial charge < -0.3 is 0 Å². The van der Waals surface area contributed by atoms with Gasteiger partial charge in [-0.15, -0.1) is 0 Å². The number of hydrogen-bond acceptors (Lipinski definition) is 2. The summed E-state index contributed by atoms with van der Waals surface area (Å²) in [5.41, 5.74) is 4.54. The Labute approximate surface area is 99.6 Å². The molecule has 0 saturated carbocycles. The first kappa shape index (κ1) is 10.0. The van der Waals surface area contributed by atoms with Gasteiger partial charge in [0.25, 0.3) is 0 Å². The van der Waals surface area contributed by atoms with Crippen molar-refractivity contribution in [1.82, 2.24) is 10.2 Å². The Balaban J connectivity index is 2.40. The molecule has 1 aliphatic carbocycles. The van der Waals surface area contributed by atoms with Gasteiger partial charge >= 0.3 is 0 Å². The zero-order valence-electron chi connectivity index (χ0n) is 9.42. The first-order valence-electron chi connectivity index (χ1n) is 5.62. The lowest BCUT2D eigenvalue weighted by Crippen LogP contribution is -1.96. The summed E-state index contributed by atoms with van der Waals surface area (Å²) in [6, 6.07) is 4.07. The van der Waals surface area contributed by atoms with Gasteiger partial charge in [0, 0.05) is 10.4 Å². The summed E-state index contributed by atoms with van der Waals surface area (Å²) >= 11 is 6.19. The van der Waals surface area contributed by atoms with Gasteiger partial charge in [-0.1, -0.05) is 18.5 Å². The molecule has 1 atom stereocenters. The van der Waals surface area contributed by atoms with E-state index >= 15 is 0 Å². The third kappa shape index (κ3) is 1.33. The third-order valence-corrected chi connectivity index (χ3v) is 3.87. The predicted octanol–water partition coefficient (Wildman–Crippen LogP) is 3.64. The molecule has 0 radical (unpaired) electrons. The van der Waals surface area contributed by atoms with E-state index in [0.717, 1.165) is 28.2 Å². The number of benzene rings is 1. The summed E-state index contributed by atoms with van der Waals surface area (Å²) in [6.07, 6.45) is 2.22. The Kier molecular flexibility index (Phi) is 2.15. The van der Waals surface area contributed by atoms with E-state index < -0.39 is 0 Å². The molecule has 0 fully saturated rings. The van der Waals surface area contributed by atoms with Gasteiger partial charge in [-0.05, 0) is 48.9 Å². The van der Waals surface area contributed by atoms with Crippen LogP contribution in [0.1, 0.15) is 36.1 Å². The smallest absolute Gasteiger partial charge is 0.0936 e. The fraction of sp³-hybridized carbons (Fsp3) is 0.385. The molecule has 16 heavy (non-hydrogen) atoms. The first-order chi connectivity index (χ1) is 7.66. The van der Waals surface area contributed by atoms with Gasteiger partial charge in [-0.2, -0.15) is 10.2 Å². The Morgan fingerprint density at radius 2 is 2.12 bits per heavy atom. The van der Waals surface area contributed by atoms with Crippen LogP contribution >= 0.6 is 11.6 Å². The fourth-order valence-electron chi connectivity index (χ4n) is 2.52. The molecule has 2 nitrogen and oxygen atoms in total. The number of halogens is 1. The molecule has 1 aromatic heterocycles. The van der Waals surface area contributed by atoms with Crippen molar-refractivity contribution in [2.75, 3.05) is 0 Å². The van der Waals surface area contributed by atoms with Crippen LogP contribution in [0.2, 0.25) is 5.02 Å². The van der Waals surface area contributed by atoms with Gasteiger partial charge in [-0.3, -0.25) is 0 Å². The van der Waals surface area contributed by atoms with Crippen LogP contribution in [0.5, 0.6) is 0 Å². The predicted molar refractivity (Wildman–Crippen MR) is 66.0 cm³/mol. The van der Waals surface area contributed by atoms with Crippen molar-refractivity contribution >= 4 is 22.5 Å². The second-order valence-electron chi connectivity index (χ2n) is 4.62. The van der Waals surface area contributed by atoms with E-state index in [-0.39, 0.29) is 0 Å². The van der Waals surface area contributed by atoms with E-state index in [1.165, 1.54) is 17.4 Å². The van der Waals surface area contributed by atoms with Crippen LogP contribution in [0.3, 0.4) is 0 Å². The molecule has 0 N–H and O–H groups in total. The zero-order valence-corrected chi connectivity index (χ0v) is 10.2. The number of fused-ring (bicyclic) bond motifs is 3. The fourth-order valence-corrected chi connectivity index (χ4v) is 2.68. The monoisotopic (exact) mass is 232 g/mol. The minimum absolute atomic E-state index is 0.576. The molecule has 0 aliphatic heterocycles. The molecule has 1 aliphatic rings. The number of hydrogen-bond donors (Lipinski definition) is 0. The number of nitrogens with zero attached hydrogens (tertiary/aromatic N) is 2. The average molecular weight is 233 g/mol. The Hall–Kier alpha value is -1.15. The Morgan fingerprint density at radius 3 is 2.94 bits per heavy atom. The standard InChI is InChI=1S/C13H13ClN2/c1-7-3-4-11-13(7)9-6-10(14)8(2)5-12(9)16-15-11/h5-7H,3-4H2,1-2H3. The second-order valence-corrected chi connectivity index (χ2v) is 5.03. The van der Waals surface area contributed by atoms with Crippen LogP contribution in [-0.4, -0.2) is 10.2 Å². The molecule has 3 rings (SSSR count). The van der Waals surface area contributed by atoms with Gasteiger partial charge in [0.2, 0.25) is 0 Å². The highest BCUT2D eigenvalue weighted by molar-refractivity contribution is 6.32. The zero-order chi connectivity index (χ0) is 11.3. The quantitative estimate of drug-likeness (QED) is 0.693. The van der Waals surface area contributed by atoms with Crippen LogP contribution in [-0.2, 0) is 6.42 Å². The number of rotatable bonds is 0. The van der Waals surface area contributed by atoms with E-state index in [0.29, 0.717) is 5.92 Å². The number of aromatic nitrogens is 2. The summed E-state index contributed by atoms with van der Waals surface area (Å²) in [5, 5.41) is 10.6. The molecule has 82 valence electrons. The highest BCUT2D eigenvalue weighted by Gasteiger charge is 2.23. The molecule has 1 aromatic carbocycles. The van der Waals surface area contributed by atoms with Gasteiger partial charge in [0.15, 0.2) is 0 Å². The molecule has 3 heteroatoms. The van der Waals surface area contributed by atoms with E-state index in [4.69, 9.17) is 11.6 Å². The van der Waals surface area contributed by atoms with Crippen molar-refractivity contribution in [2.45, 2.75) is 32.6 Å². The topological polar surface area (TPSA) is 25.8 Å². The highest BCUT2D eigenvalue weighted by Crippen LogP contribution is 2.37. The minimum Gasteiger partial charge on any atom is -0.155 e. The van der Waals surface area contributed by atoms with Crippen LogP contribution in [0, 0.1) is 6.92 Å². The first-order valence-corrected chi connectivity index (χ1v) is 6.00. The molecule has 2 aromatic rings. The second kappa shape index (κ2) is 3.42. The molecule has 1 unspecified atom stereocenters. The summed E-state index contributed by atoms with van der Waals surface area (Å²) < 4.78 is 0. The Bertz CT molecular complexity index is 578. The largest absolute Gasteiger partial charge is 0.155 e. The van der Waals surface area contributed by atoms with E-state index in [9.17, 15) is 0 Å². The van der Waals surface area contributed by atoms with Crippen molar-refractivity contribution in [3.63, 3.8) is 0 Å². The van der Waals surface area contributed by atoms with Crippen molar-refractivity contribution in [2.24, 2.45) is 0 Å². The SMILES string of the molecule is Cc1cc2nnc3c(c2cc1Cl)C(C)CC3. The summed E-state index contributed by atoms with van der Waals surface area (Å²) in [5.74, 6) is 0.576. The average Bonchev–Trinajstić information content (AvgIpc) is 2.63. The van der Waals surface area contributed by atoms with Crippen LogP contribution < -0.4 is 0 Å². The summed E-state index contributed by atoms with van der Waals surface area (Å²) in [6.45, 7) is 4.25. The highest BCUT2D eigenvalue weighted by atomic mass is 35.5. The maximum Gasteiger partial charge on any atom is 0.0936 e. The molecular weight excluding hydrogens is 220 g/mol. The van der Waals surface area contributed by atoms with Crippen LogP contribution in [0.15, 0.2) is 12.1 Å². The maximum atomic E-state index is 6.19. The number of aryl methyl sites for hydroxylation is 2. The maximum absolute atomic E-state index is 6.19. The van der Waals surface area contributed by atoms with Crippen LogP contribution in [0.25, 0.3) is 10.9 Å². The lowest BCUT2D eigenvalue weighted by molar-refractivity contribution is 0.748.